The topological polar surface area (TPSA) is 75.6 Å². The fraction of sp³-hybridized carbons (Fsp3) is 0.556. The van der Waals surface area contributed by atoms with Crippen molar-refractivity contribution < 1.29 is 19.4 Å². The zero-order valence-electron chi connectivity index (χ0n) is 13.2. The smallest absolute Gasteiger partial charge is 0.407 e. The largest absolute Gasteiger partial charge is 0.481 e. The second kappa shape index (κ2) is 6.60. The summed E-state index contributed by atoms with van der Waals surface area (Å²) in [6.45, 7) is 0.197. The van der Waals surface area contributed by atoms with Gasteiger partial charge in [0.05, 0.1) is 12.0 Å². The van der Waals surface area contributed by atoms with Gasteiger partial charge in [-0.05, 0) is 36.7 Å². The second-order valence-corrected chi connectivity index (χ2v) is 6.99. The summed E-state index contributed by atoms with van der Waals surface area (Å²) in [6.07, 6.45) is 4.41. The van der Waals surface area contributed by atoms with E-state index in [0.29, 0.717) is 11.8 Å². The van der Waals surface area contributed by atoms with Gasteiger partial charge in [-0.25, -0.2) is 4.79 Å². The predicted molar refractivity (Wildman–Crippen MR) is 84.8 cm³/mol. The molecule has 2 N–H and O–H groups in total. The van der Waals surface area contributed by atoms with E-state index in [0.717, 1.165) is 31.2 Å². The first kappa shape index (κ1) is 15.8. The number of hydrogen-bond donors (Lipinski definition) is 2. The van der Waals surface area contributed by atoms with Crippen LogP contribution in [-0.4, -0.2) is 22.7 Å². The van der Waals surface area contributed by atoms with E-state index >= 15 is 0 Å². The molecule has 0 aliphatic heterocycles. The van der Waals surface area contributed by atoms with Gasteiger partial charge in [0.25, 0.3) is 0 Å². The van der Waals surface area contributed by atoms with Crippen molar-refractivity contribution in [3.8, 4) is 0 Å². The van der Waals surface area contributed by atoms with E-state index in [1.165, 1.54) is 6.42 Å². The predicted octanol–water partition coefficient (Wildman–Crippen LogP) is 3.34. The molecule has 0 heterocycles. The maximum Gasteiger partial charge on any atom is 0.407 e. The molecule has 0 spiro atoms. The molecule has 0 aromatic heterocycles. The lowest BCUT2D eigenvalue weighted by molar-refractivity contribution is -0.139. The Hall–Kier alpha value is -2.04. The van der Waals surface area contributed by atoms with E-state index in [1.54, 1.807) is 0 Å². The average molecular weight is 317 g/mol. The van der Waals surface area contributed by atoms with Crippen LogP contribution in [0.4, 0.5) is 4.79 Å². The first-order valence-electron chi connectivity index (χ1n) is 8.25. The SMILES string of the molecule is O=C(O)CC1(NC(=O)OCc2ccccc2)CC2CCC(C2)C1. The Bertz CT molecular complexity index is 560. The van der Waals surface area contributed by atoms with Crippen LogP contribution in [0, 0.1) is 11.8 Å². The molecule has 2 unspecified atom stereocenters. The average Bonchev–Trinajstić information content (AvgIpc) is 2.85. The summed E-state index contributed by atoms with van der Waals surface area (Å²) in [5, 5.41) is 12.1. The highest BCUT2D eigenvalue weighted by Crippen LogP contribution is 2.47. The fourth-order valence-corrected chi connectivity index (χ4v) is 4.29. The van der Waals surface area contributed by atoms with Crippen LogP contribution in [0.2, 0.25) is 0 Å². The molecule has 2 fully saturated rings. The lowest BCUT2D eigenvalue weighted by atomic mass is 9.73. The number of fused-ring (bicyclic) bond motifs is 2. The normalized spacial score (nSPS) is 29.0. The van der Waals surface area contributed by atoms with E-state index in [9.17, 15) is 14.7 Å². The number of carboxylic acids is 1. The minimum Gasteiger partial charge on any atom is -0.481 e. The molecule has 5 heteroatoms. The van der Waals surface area contributed by atoms with Gasteiger partial charge in [-0.1, -0.05) is 43.2 Å². The van der Waals surface area contributed by atoms with Crippen molar-refractivity contribution in [2.45, 2.75) is 50.7 Å². The standard InChI is InChI=1S/C18H23NO4/c20-16(21)11-18(9-14-6-7-15(8-14)10-18)19-17(22)23-12-13-4-2-1-3-5-13/h1-5,14-15H,6-12H2,(H,19,22)(H,20,21). The maximum atomic E-state index is 12.2. The minimum absolute atomic E-state index is 0.0273. The Morgan fingerprint density at radius 2 is 1.83 bits per heavy atom. The zero-order chi connectivity index (χ0) is 16.3. The monoisotopic (exact) mass is 317 g/mol. The fourth-order valence-electron chi connectivity index (χ4n) is 4.29. The second-order valence-electron chi connectivity index (χ2n) is 6.99. The van der Waals surface area contributed by atoms with Crippen molar-refractivity contribution in [3.05, 3.63) is 35.9 Å². The number of carbonyl (C=O) groups is 2. The molecule has 2 atom stereocenters. The van der Waals surface area contributed by atoms with E-state index < -0.39 is 17.6 Å². The molecule has 5 nitrogen and oxygen atoms in total. The van der Waals surface area contributed by atoms with Crippen LogP contribution in [0.25, 0.3) is 0 Å². The van der Waals surface area contributed by atoms with Crippen LogP contribution < -0.4 is 5.32 Å². The Kier molecular flexibility index (Phi) is 4.55. The Morgan fingerprint density at radius 3 is 2.43 bits per heavy atom. The van der Waals surface area contributed by atoms with Crippen LogP contribution in [0.1, 0.15) is 44.1 Å². The van der Waals surface area contributed by atoms with Crippen LogP contribution in [-0.2, 0) is 16.1 Å². The number of aliphatic carboxylic acids is 1. The molecule has 0 radical (unpaired) electrons. The van der Waals surface area contributed by atoms with E-state index in [-0.39, 0.29) is 13.0 Å². The van der Waals surface area contributed by atoms with Gasteiger partial charge in [-0.3, -0.25) is 4.79 Å². The lowest BCUT2D eigenvalue weighted by Gasteiger charge is -2.40. The molecule has 2 aliphatic carbocycles. The third-order valence-electron chi connectivity index (χ3n) is 5.08. The van der Waals surface area contributed by atoms with Crippen molar-refractivity contribution in [1.29, 1.82) is 0 Å². The first-order chi connectivity index (χ1) is 11.0. The van der Waals surface area contributed by atoms with Crippen molar-refractivity contribution in [2.24, 2.45) is 11.8 Å². The molecule has 1 aromatic rings. The Morgan fingerprint density at radius 1 is 1.17 bits per heavy atom. The number of amides is 1. The maximum absolute atomic E-state index is 12.2. The summed E-state index contributed by atoms with van der Waals surface area (Å²) in [6, 6.07) is 9.47. The van der Waals surface area contributed by atoms with Crippen LogP contribution in [0.15, 0.2) is 30.3 Å². The summed E-state index contributed by atoms with van der Waals surface area (Å²) in [5.74, 6) is 0.194. The number of carboxylic acid groups (broad SMARTS) is 1. The summed E-state index contributed by atoms with van der Waals surface area (Å²) >= 11 is 0. The number of ether oxygens (including phenoxy) is 1. The van der Waals surface area contributed by atoms with Gasteiger partial charge in [-0.2, -0.15) is 0 Å². The summed E-state index contributed by atoms with van der Waals surface area (Å²) in [7, 11) is 0. The third-order valence-corrected chi connectivity index (χ3v) is 5.08. The molecule has 2 bridgehead atoms. The number of nitrogens with one attached hydrogen (secondary N) is 1. The minimum atomic E-state index is -0.866. The number of alkyl carbamates (subject to hydrolysis) is 1. The van der Waals surface area contributed by atoms with Crippen LogP contribution >= 0.6 is 0 Å². The third kappa shape index (κ3) is 4.03. The van der Waals surface area contributed by atoms with Crippen molar-refractivity contribution >= 4 is 12.1 Å². The summed E-state index contributed by atoms with van der Waals surface area (Å²) in [5.41, 5.74) is 0.266. The summed E-state index contributed by atoms with van der Waals surface area (Å²) < 4.78 is 5.29. The molecule has 2 aliphatic rings. The molecule has 2 saturated carbocycles. The number of hydrogen-bond acceptors (Lipinski definition) is 3. The van der Waals surface area contributed by atoms with E-state index in [1.807, 2.05) is 30.3 Å². The molecule has 1 amide bonds. The Balaban J connectivity index is 1.62. The first-order valence-corrected chi connectivity index (χ1v) is 8.25. The molecule has 0 saturated heterocycles. The highest BCUT2D eigenvalue weighted by Gasteiger charge is 2.46. The van der Waals surface area contributed by atoms with Gasteiger partial charge in [0.1, 0.15) is 6.61 Å². The number of benzene rings is 1. The number of rotatable bonds is 5. The lowest BCUT2D eigenvalue weighted by Crippen LogP contribution is -2.53. The summed E-state index contributed by atoms with van der Waals surface area (Å²) in [4.78, 5) is 23.5. The quantitative estimate of drug-likeness (QED) is 0.873. The van der Waals surface area contributed by atoms with Gasteiger partial charge >= 0.3 is 12.1 Å². The highest BCUT2D eigenvalue weighted by molar-refractivity contribution is 5.72. The highest BCUT2D eigenvalue weighted by atomic mass is 16.5. The Labute approximate surface area is 136 Å². The van der Waals surface area contributed by atoms with Gasteiger partial charge in [0.2, 0.25) is 0 Å². The van der Waals surface area contributed by atoms with Gasteiger partial charge < -0.3 is 15.2 Å². The molecular formula is C18H23NO4. The van der Waals surface area contributed by atoms with Crippen molar-refractivity contribution in [2.75, 3.05) is 0 Å². The van der Waals surface area contributed by atoms with E-state index in [2.05, 4.69) is 5.32 Å². The molecule has 3 rings (SSSR count). The van der Waals surface area contributed by atoms with E-state index in [4.69, 9.17) is 4.74 Å². The molecule has 23 heavy (non-hydrogen) atoms. The van der Waals surface area contributed by atoms with Gasteiger partial charge in [0, 0.05) is 0 Å². The molecular weight excluding hydrogens is 294 g/mol. The number of carbonyl (C=O) groups excluding carboxylic acids is 1. The van der Waals surface area contributed by atoms with Crippen molar-refractivity contribution in [1.82, 2.24) is 5.32 Å². The van der Waals surface area contributed by atoms with Gasteiger partial charge in [-0.15, -0.1) is 0 Å². The van der Waals surface area contributed by atoms with Crippen LogP contribution in [0.5, 0.6) is 0 Å². The molecule has 1 aromatic carbocycles. The van der Waals surface area contributed by atoms with Crippen molar-refractivity contribution in [3.63, 3.8) is 0 Å². The molecule has 124 valence electrons. The zero-order valence-corrected chi connectivity index (χ0v) is 13.2. The van der Waals surface area contributed by atoms with Gasteiger partial charge in [0.15, 0.2) is 0 Å². The van der Waals surface area contributed by atoms with Crippen LogP contribution in [0.3, 0.4) is 0 Å².